The van der Waals surface area contributed by atoms with Crippen LogP contribution in [0.25, 0.3) is 10.6 Å². The molecule has 2 aromatic carbocycles. The van der Waals surface area contributed by atoms with Gasteiger partial charge in [0.05, 0.1) is 12.8 Å². The van der Waals surface area contributed by atoms with E-state index in [2.05, 4.69) is 22.4 Å². The van der Waals surface area contributed by atoms with Crippen LogP contribution in [0.2, 0.25) is 0 Å². The van der Waals surface area contributed by atoms with Crippen LogP contribution in [-0.4, -0.2) is 60.6 Å². The van der Waals surface area contributed by atoms with Gasteiger partial charge in [0.25, 0.3) is 5.91 Å². The van der Waals surface area contributed by atoms with Crippen LogP contribution < -0.4 is 9.47 Å². The number of rotatable bonds is 7. The van der Waals surface area contributed by atoms with Crippen molar-refractivity contribution in [3.63, 3.8) is 0 Å². The van der Waals surface area contributed by atoms with Gasteiger partial charge >= 0.3 is 0 Å². The molecule has 4 rings (SSSR count). The lowest BCUT2D eigenvalue weighted by Gasteiger charge is -2.34. The van der Waals surface area contributed by atoms with Crippen molar-refractivity contribution in [2.75, 3.05) is 39.9 Å². The summed E-state index contributed by atoms with van der Waals surface area (Å²) in [5, 5.41) is 3.18. The van der Waals surface area contributed by atoms with Gasteiger partial charge in [-0.1, -0.05) is 30.3 Å². The smallest absolute Gasteiger partial charge is 0.260 e. The number of methoxy groups -OCH3 is 1. The zero-order chi connectivity index (χ0) is 20.8. The summed E-state index contributed by atoms with van der Waals surface area (Å²) in [4.78, 5) is 21.5. The first kappa shape index (κ1) is 20.4. The molecule has 0 spiro atoms. The molecule has 0 radical (unpaired) electrons. The predicted octanol–water partition coefficient (Wildman–Crippen LogP) is 3.54. The predicted molar refractivity (Wildman–Crippen MR) is 118 cm³/mol. The Morgan fingerprint density at radius 2 is 1.70 bits per heavy atom. The van der Waals surface area contributed by atoms with Gasteiger partial charge in [-0.2, -0.15) is 0 Å². The van der Waals surface area contributed by atoms with Gasteiger partial charge in [-0.05, 0) is 24.3 Å². The van der Waals surface area contributed by atoms with Gasteiger partial charge in [-0.15, -0.1) is 11.3 Å². The minimum atomic E-state index is 0.0190. The van der Waals surface area contributed by atoms with E-state index in [0.717, 1.165) is 41.6 Å². The molecule has 1 saturated heterocycles. The number of carbonyl (C=O) groups is 1. The SMILES string of the molecule is COc1ccc(OCC(=O)N2CCN(Cc3csc(-c4ccccc4)n3)CC2)cc1. The van der Waals surface area contributed by atoms with Crippen LogP contribution in [0, 0.1) is 0 Å². The summed E-state index contributed by atoms with van der Waals surface area (Å²) < 4.78 is 10.7. The van der Waals surface area contributed by atoms with E-state index in [-0.39, 0.29) is 12.5 Å². The van der Waals surface area contributed by atoms with E-state index >= 15 is 0 Å². The van der Waals surface area contributed by atoms with Crippen LogP contribution in [0.1, 0.15) is 5.69 Å². The van der Waals surface area contributed by atoms with Crippen molar-refractivity contribution in [2.45, 2.75) is 6.54 Å². The molecule has 0 unspecified atom stereocenters. The van der Waals surface area contributed by atoms with Gasteiger partial charge in [0, 0.05) is 43.7 Å². The quantitative estimate of drug-likeness (QED) is 0.582. The van der Waals surface area contributed by atoms with Gasteiger partial charge in [-0.3, -0.25) is 9.69 Å². The van der Waals surface area contributed by atoms with E-state index < -0.39 is 0 Å². The summed E-state index contributed by atoms with van der Waals surface area (Å²) in [6, 6.07) is 17.5. The van der Waals surface area contributed by atoms with Crippen molar-refractivity contribution >= 4 is 17.2 Å². The molecule has 1 amide bonds. The molecule has 0 N–H and O–H groups in total. The Morgan fingerprint density at radius 1 is 1.00 bits per heavy atom. The van der Waals surface area contributed by atoms with Crippen molar-refractivity contribution in [2.24, 2.45) is 0 Å². The van der Waals surface area contributed by atoms with E-state index in [4.69, 9.17) is 14.5 Å². The molecule has 156 valence electrons. The first-order valence-electron chi connectivity index (χ1n) is 9.98. The highest BCUT2D eigenvalue weighted by molar-refractivity contribution is 7.13. The zero-order valence-electron chi connectivity index (χ0n) is 17.0. The number of amides is 1. The fourth-order valence-electron chi connectivity index (χ4n) is 3.39. The second kappa shape index (κ2) is 9.73. The second-order valence-corrected chi connectivity index (χ2v) is 7.99. The number of hydrogen-bond acceptors (Lipinski definition) is 6. The first-order chi connectivity index (χ1) is 14.7. The topological polar surface area (TPSA) is 54.9 Å². The molecular formula is C23H25N3O3S. The highest BCUT2D eigenvalue weighted by atomic mass is 32.1. The second-order valence-electron chi connectivity index (χ2n) is 7.13. The maximum absolute atomic E-state index is 12.5. The Kier molecular flexibility index (Phi) is 6.61. The molecule has 7 heteroatoms. The van der Waals surface area contributed by atoms with Gasteiger partial charge in [-0.25, -0.2) is 4.98 Å². The Balaban J connectivity index is 1.22. The Hall–Kier alpha value is -2.90. The Labute approximate surface area is 180 Å². The number of carbonyl (C=O) groups excluding carboxylic acids is 1. The molecule has 1 aliphatic heterocycles. The average molecular weight is 424 g/mol. The van der Waals surface area contributed by atoms with Crippen molar-refractivity contribution in [3.8, 4) is 22.1 Å². The summed E-state index contributed by atoms with van der Waals surface area (Å²) in [6.45, 7) is 3.96. The van der Waals surface area contributed by atoms with Gasteiger partial charge in [0.15, 0.2) is 6.61 Å². The number of hydrogen-bond donors (Lipinski definition) is 0. The number of aromatic nitrogens is 1. The minimum absolute atomic E-state index is 0.0190. The normalized spacial score (nSPS) is 14.5. The highest BCUT2D eigenvalue weighted by Crippen LogP contribution is 2.24. The fourth-order valence-corrected chi connectivity index (χ4v) is 4.20. The summed E-state index contributed by atoms with van der Waals surface area (Å²) in [5.74, 6) is 1.45. The number of nitrogens with zero attached hydrogens (tertiary/aromatic N) is 3. The van der Waals surface area contributed by atoms with E-state index in [1.807, 2.05) is 47.4 Å². The fraction of sp³-hybridized carbons (Fsp3) is 0.304. The summed E-state index contributed by atoms with van der Waals surface area (Å²) in [6.07, 6.45) is 0. The molecule has 1 aromatic heterocycles. The van der Waals surface area contributed by atoms with E-state index in [0.29, 0.717) is 18.8 Å². The standard InChI is InChI=1S/C23H25N3O3S/c1-28-20-7-9-21(10-8-20)29-16-22(27)26-13-11-25(12-14-26)15-19-17-30-23(24-19)18-5-3-2-4-6-18/h2-10,17H,11-16H2,1H3. The third-order valence-electron chi connectivity index (χ3n) is 5.10. The van der Waals surface area contributed by atoms with E-state index in [9.17, 15) is 4.79 Å². The average Bonchev–Trinajstić information content (AvgIpc) is 3.27. The molecule has 0 aliphatic carbocycles. The monoisotopic (exact) mass is 423 g/mol. The summed E-state index contributed by atoms with van der Waals surface area (Å²) >= 11 is 1.68. The van der Waals surface area contributed by atoms with Crippen LogP contribution in [-0.2, 0) is 11.3 Å². The molecule has 3 aromatic rings. The first-order valence-corrected chi connectivity index (χ1v) is 10.9. The third kappa shape index (κ3) is 5.17. The number of benzene rings is 2. The van der Waals surface area contributed by atoms with Gasteiger partial charge in [0.1, 0.15) is 16.5 Å². The van der Waals surface area contributed by atoms with Crippen molar-refractivity contribution in [1.82, 2.24) is 14.8 Å². The maximum Gasteiger partial charge on any atom is 0.260 e. The summed E-state index contributed by atoms with van der Waals surface area (Å²) in [7, 11) is 1.62. The van der Waals surface area contributed by atoms with Gasteiger partial charge < -0.3 is 14.4 Å². The largest absolute Gasteiger partial charge is 0.497 e. The Morgan fingerprint density at radius 3 is 2.40 bits per heavy atom. The van der Waals surface area contributed by atoms with Crippen LogP contribution >= 0.6 is 11.3 Å². The molecule has 6 nitrogen and oxygen atoms in total. The summed E-state index contributed by atoms with van der Waals surface area (Å²) in [5.41, 5.74) is 2.24. The van der Waals surface area contributed by atoms with Crippen molar-refractivity contribution < 1.29 is 14.3 Å². The molecule has 0 saturated carbocycles. The Bertz CT molecular complexity index is 951. The lowest BCUT2D eigenvalue weighted by atomic mass is 10.2. The lowest BCUT2D eigenvalue weighted by Crippen LogP contribution is -2.49. The number of ether oxygens (including phenoxy) is 2. The molecule has 0 bridgehead atoms. The molecule has 0 atom stereocenters. The highest BCUT2D eigenvalue weighted by Gasteiger charge is 2.22. The lowest BCUT2D eigenvalue weighted by molar-refractivity contribution is -0.135. The zero-order valence-corrected chi connectivity index (χ0v) is 17.8. The van der Waals surface area contributed by atoms with E-state index in [1.54, 1.807) is 18.4 Å². The van der Waals surface area contributed by atoms with Crippen LogP contribution in [0.15, 0.2) is 60.0 Å². The van der Waals surface area contributed by atoms with Crippen LogP contribution in [0.4, 0.5) is 0 Å². The molecule has 30 heavy (non-hydrogen) atoms. The molecule has 2 heterocycles. The van der Waals surface area contributed by atoms with Crippen molar-refractivity contribution in [3.05, 3.63) is 65.7 Å². The molecule has 1 fully saturated rings. The maximum atomic E-state index is 12.5. The molecular weight excluding hydrogens is 398 g/mol. The molecule has 1 aliphatic rings. The minimum Gasteiger partial charge on any atom is -0.497 e. The number of thiazole rings is 1. The third-order valence-corrected chi connectivity index (χ3v) is 6.05. The van der Waals surface area contributed by atoms with Gasteiger partial charge in [0.2, 0.25) is 0 Å². The number of piperazine rings is 1. The van der Waals surface area contributed by atoms with E-state index in [1.165, 1.54) is 0 Å². The van der Waals surface area contributed by atoms with Crippen LogP contribution in [0.3, 0.4) is 0 Å². The van der Waals surface area contributed by atoms with Crippen molar-refractivity contribution in [1.29, 1.82) is 0 Å². The van der Waals surface area contributed by atoms with Crippen LogP contribution in [0.5, 0.6) is 11.5 Å².